The summed E-state index contributed by atoms with van der Waals surface area (Å²) in [5, 5.41) is 3.27. The Kier molecular flexibility index (Phi) is 2.79. The highest BCUT2D eigenvalue weighted by atomic mass is 79.9. The molecular weight excluding hydrogens is 244 g/mol. The van der Waals surface area contributed by atoms with Gasteiger partial charge in [0.1, 0.15) is 4.60 Å². The summed E-state index contributed by atoms with van der Waals surface area (Å²) >= 11 is 3.34. The van der Waals surface area contributed by atoms with Gasteiger partial charge in [-0.3, -0.25) is 4.40 Å². The van der Waals surface area contributed by atoms with E-state index in [1.165, 1.54) is 0 Å². The molecule has 74 valence electrons. The van der Waals surface area contributed by atoms with Gasteiger partial charge in [0.2, 0.25) is 0 Å². The fourth-order valence-electron chi connectivity index (χ4n) is 1.30. The van der Waals surface area contributed by atoms with Crippen molar-refractivity contribution in [1.82, 2.24) is 19.7 Å². The van der Waals surface area contributed by atoms with Crippen LogP contribution in [0.3, 0.4) is 0 Å². The third kappa shape index (κ3) is 1.78. The van der Waals surface area contributed by atoms with Crippen LogP contribution in [0.2, 0.25) is 0 Å². The van der Waals surface area contributed by atoms with Gasteiger partial charge in [-0.2, -0.15) is 0 Å². The van der Waals surface area contributed by atoms with Gasteiger partial charge in [0.05, 0.1) is 18.1 Å². The predicted molar refractivity (Wildman–Crippen MR) is 58.1 cm³/mol. The van der Waals surface area contributed by atoms with E-state index in [0.717, 1.165) is 29.0 Å². The van der Waals surface area contributed by atoms with Crippen molar-refractivity contribution in [3.8, 4) is 0 Å². The first-order chi connectivity index (χ1) is 6.81. The van der Waals surface area contributed by atoms with E-state index < -0.39 is 0 Å². The Bertz CT molecular complexity index is 437. The van der Waals surface area contributed by atoms with Crippen LogP contribution in [0.25, 0.3) is 5.65 Å². The Morgan fingerprint density at radius 1 is 1.43 bits per heavy atom. The topological polar surface area (TPSA) is 42.2 Å². The van der Waals surface area contributed by atoms with Gasteiger partial charge < -0.3 is 5.32 Å². The molecule has 0 aliphatic heterocycles. The molecule has 0 radical (unpaired) electrons. The number of imidazole rings is 1. The molecule has 2 aromatic heterocycles. The molecule has 0 saturated carbocycles. The van der Waals surface area contributed by atoms with Crippen LogP contribution in [-0.4, -0.2) is 20.9 Å². The zero-order chi connectivity index (χ0) is 9.97. The van der Waals surface area contributed by atoms with Gasteiger partial charge in [0, 0.05) is 12.7 Å². The van der Waals surface area contributed by atoms with Gasteiger partial charge in [-0.15, -0.1) is 0 Å². The molecule has 0 fully saturated rings. The summed E-state index contributed by atoms with van der Waals surface area (Å²) in [5.41, 5.74) is 2.02. The van der Waals surface area contributed by atoms with Crippen LogP contribution in [0.4, 0.5) is 0 Å². The van der Waals surface area contributed by atoms with E-state index in [0.29, 0.717) is 0 Å². The summed E-state index contributed by atoms with van der Waals surface area (Å²) in [6.45, 7) is 3.87. The number of hydrogen-bond acceptors (Lipinski definition) is 3. The van der Waals surface area contributed by atoms with Crippen molar-refractivity contribution in [1.29, 1.82) is 0 Å². The molecule has 1 N–H and O–H groups in total. The molecule has 14 heavy (non-hydrogen) atoms. The van der Waals surface area contributed by atoms with Crippen LogP contribution < -0.4 is 5.32 Å². The van der Waals surface area contributed by atoms with E-state index in [1.807, 2.05) is 16.8 Å². The Morgan fingerprint density at radius 2 is 2.29 bits per heavy atom. The third-order valence-corrected chi connectivity index (χ3v) is 2.41. The molecule has 0 amide bonds. The molecule has 2 heterocycles. The summed E-state index contributed by atoms with van der Waals surface area (Å²) in [4.78, 5) is 8.37. The molecule has 0 aromatic carbocycles. The zero-order valence-electron chi connectivity index (χ0n) is 7.87. The largest absolute Gasteiger partial charge is 0.311 e. The van der Waals surface area contributed by atoms with Gasteiger partial charge in [-0.05, 0) is 22.5 Å². The highest BCUT2D eigenvalue weighted by Crippen LogP contribution is 2.10. The minimum atomic E-state index is 0.820. The summed E-state index contributed by atoms with van der Waals surface area (Å²) in [6, 6.07) is 0. The van der Waals surface area contributed by atoms with E-state index in [-0.39, 0.29) is 0 Å². The Labute approximate surface area is 90.5 Å². The first kappa shape index (κ1) is 9.61. The van der Waals surface area contributed by atoms with Gasteiger partial charge in [-0.25, -0.2) is 9.97 Å². The van der Waals surface area contributed by atoms with Crippen molar-refractivity contribution in [3.05, 3.63) is 28.9 Å². The molecule has 0 atom stereocenters. The SMILES string of the molecule is CCNCc1cnc2cnc(Br)cn12. The van der Waals surface area contributed by atoms with Gasteiger partial charge in [0.25, 0.3) is 0 Å². The first-order valence-corrected chi connectivity index (χ1v) is 5.28. The van der Waals surface area contributed by atoms with Crippen LogP contribution in [0.5, 0.6) is 0 Å². The van der Waals surface area contributed by atoms with Crippen LogP contribution in [0, 0.1) is 0 Å². The van der Waals surface area contributed by atoms with Crippen molar-refractivity contribution in [2.75, 3.05) is 6.54 Å². The molecule has 0 spiro atoms. The van der Waals surface area contributed by atoms with Crippen molar-refractivity contribution in [3.63, 3.8) is 0 Å². The number of aromatic nitrogens is 3. The second-order valence-electron chi connectivity index (χ2n) is 2.97. The summed E-state index contributed by atoms with van der Waals surface area (Å²) in [6.07, 6.45) is 5.54. The van der Waals surface area contributed by atoms with E-state index in [9.17, 15) is 0 Å². The van der Waals surface area contributed by atoms with Gasteiger partial charge in [0.15, 0.2) is 5.65 Å². The molecule has 0 aliphatic carbocycles. The lowest BCUT2D eigenvalue weighted by Crippen LogP contribution is -2.13. The van der Waals surface area contributed by atoms with Crippen LogP contribution in [0.1, 0.15) is 12.6 Å². The van der Waals surface area contributed by atoms with Gasteiger partial charge in [-0.1, -0.05) is 6.92 Å². The number of nitrogens with one attached hydrogen (secondary N) is 1. The zero-order valence-corrected chi connectivity index (χ0v) is 9.45. The number of rotatable bonds is 3. The Hall–Kier alpha value is -0.940. The molecule has 2 rings (SSSR count). The fraction of sp³-hybridized carbons (Fsp3) is 0.333. The summed E-state index contributed by atoms with van der Waals surface area (Å²) < 4.78 is 2.85. The van der Waals surface area contributed by atoms with Crippen molar-refractivity contribution in [2.24, 2.45) is 0 Å². The molecule has 5 heteroatoms. The molecule has 0 saturated heterocycles. The lowest BCUT2D eigenvalue weighted by molar-refractivity contribution is 0.705. The minimum absolute atomic E-state index is 0.820. The maximum Gasteiger partial charge on any atom is 0.155 e. The predicted octanol–water partition coefficient (Wildman–Crippen LogP) is 1.60. The minimum Gasteiger partial charge on any atom is -0.311 e. The highest BCUT2D eigenvalue weighted by Gasteiger charge is 2.02. The summed E-state index contributed by atoms with van der Waals surface area (Å²) in [7, 11) is 0. The van der Waals surface area contributed by atoms with E-state index in [4.69, 9.17) is 0 Å². The number of halogens is 1. The highest BCUT2D eigenvalue weighted by molar-refractivity contribution is 9.10. The smallest absolute Gasteiger partial charge is 0.155 e. The van der Waals surface area contributed by atoms with Crippen molar-refractivity contribution in [2.45, 2.75) is 13.5 Å². The monoisotopic (exact) mass is 254 g/mol. The second kappa shape index (κ2) is 4.06. The average molecular weight is 255 g/mol. The number of fused-ring (bicyclic) bond motifs is 1. The maximum atomic E-state index is 4.25. The maximum absolute atomic E-state index is 4.25. The Balaban J connectivity index is 2.40. The number of hydrogen-bond donors (Lipinski definition) is 1. The quantitative estimate of drug-likeness (QED) is 0.905. The average Bonchev–Trinajstić information content (AvgIpc) is 2.57. The summed E-state index contributed by atoms with van der Waals surface area (Å²) in [5.74, 6) is 0. The molecule has 0 unspecified atom stereocenters. The van der Waals surface area contributed by atoms with Crippen molar-refractivity contribution < 1.29 is 0 Å². The van der Waals surface area contributed by atoms with E-state index in [1.54, 1.807) is 6.20 Å². The van der Waals surface area contributed by atoms with E-state index in [2.05, 4.69) is 38.1 Å². The van der Waals surface area contributed by atoms with Crippen LogP contribution in [-0.2, 0) is 6.54 Å². The molecule has 2 aromatic rings. The van der Waals surface area contributed by atoms with E-state index >= 15 is 0 Å². The molecule has 0 aliphatic rings. The standard InChI is InChI=1S/C9H11BrN4/c1-2-11-3-7-4-13-9-5-12-8(10)6-14(7)9/h4-6,11H,2-3H2,1H3. The molecule has 4 nitrogen and oxygen atoms in total. The lowest BCUT2D eigenvalue weighted by atomic mass is 10.4. The molecular formula is C9H11BrN4. The van der Waals surface area contributed by atoms with Crippen LogP contribution in [0.15, 0.2) is 23.2 Å². The normalized spacial score (nSPS) is 11.0. The van der Waals surface area contributed by atoms with Gasteiger partial charge >= 0.3 is 0 Å². The Morgan fingerprint density at radius 3 is 3.07 bits per heavy atom. The molecule has 0 bridgehead atoms. The van der Waals surface area contributed by atoms with Crippen LogP contribution >= 0.6 is 15.9 Å². The fourth-order valence-corrected chi connectivity index (χ4v) is 1.61. The third-order valence-electron chi connectivity index (χ3n) is 2.00. The second-order valence-corrected chi connectivity index (χ2v) is 3.78. The first-order valence-electron chi connectivity index (χ1n) is 4.49. The number of nitrogens with zero attached hydrogens (tertiary/aromatic N) is 3. The van der Waals surface area contributed by atoms with Crippen molar-refractivity contribution >= 4 is 21.6 Å². The lowest BCUT2D eigenvalue weighted by Gasteiger charge is -2.01.